The van der Waals surface area contributed by atoms with Crippen LogP contribution in [0.25, 0.3) is 22.3 Å². The van der Waals surface area contributed by atoms with E-state index in [0.29, 0.717) is 18.2 Å². The Balaban J connectivity index is 1.27. The number of hydrogen-bond acceptors (Lipinski definition) is 1. The maximum atomic E-state index is 6.55. The van der Waals surface area contributed by atoms with Gasteiger partial charge in [0.2, 0.25) is 0 Å². The minimum absolute atomic E-state index is 0.476. The van der Waals surface area contributed by atoms with Crippen molar-refractivity contribution in [2.45, 2.75) is 26.3 Å². The van der Waals surface area contributed by atoms with Crippen molar-refractivity contribution >= 4 is 11.7 Å². The van der Waals surface area contributed by atoms with Gasteiger partial charge in [0.1, 0.15) is 5.84 Å². The molecule has 0 saturated heterocycles. The van der Waals surface area contributed by atoms with Gasteiger partial charge in [0.25, 0.3) is 0 Å². The molecule has 0 amide bonds. The molecule has 2 aliphatic rings. The summed E-state index contributed by atoms with van der Waals surface area (Å²) in [5, 5.41) is 0. The van der Waals surface area contributed by atoms with Crippen LogP contribution in [0.3, 0.4) is 0 Å². The van der Waals surface area contributed by atoms with Gasteiger partial charge in [-0.3, -0.25) is 4.99 Å². The fourth-order valence-electron chi connectivity index (χ4n) is 5.89. The highest BCUT2D eigenvalue weighted by atomic mass is 15.0. The quantitative estimate of drug-likeness (QED) is 0.196. The average molecular weight is 504 g/mol. The Hall–Kier alpha value is -4.76. The Kier molecular flexibility index (Phi) is 5.70. The van der Waals surface area contributed by atoms with Crippen LogP contribution in [-0.4, -0.2) is 11.7 Å². The molecule has 7 rings (SSSR count). The summed E-state index contributed by atoms with van der Waals surface area (Å²) in [7, 11) is 0. The van der Waals surface area contributed by atoms with E-state index in [1.54, 1.807) is 0 Å². The molecule has 3 heteroatoms. The zero-order valence-electron chi connectivity index (χ0n) is 22.0. The number of aryl methyl sites for hydroxylation is 1. The summed E-state index contributed by atoms with van der Waals surface area (Å²) in [5.41, 5.74) is 21.5. The van der Waals surface area contributed by atoms with E-state index in [-0.39, 0.29) is 0 Å². The molecule has 188 valence electrons. The van der Waals surface area contributed by atoms with E-state index in [1.807, 2.05) is 12.1 Å². The van der Waals surface area contributed by atoms with Crippen LogP contribution in [0.5, 0.6) is 0 Å². The predicted molar refractivity (Wildman–Crippen MR) is 162 cm³/mol. The van der Waals surface area contributed by atoms with Crippen molar-refractivity contribution in [1.82, 2.24) is 0 Å². The highest BCUT2D eigenvalue weighted by Crippen LogP contribution is 2.38. The van der Waals surface area contributed by atoms with Crippen LogP contribution in [-0.2, 0) is 19.4 Å². The summed E-state index contributed by atoms with van der Waals surface area (Å²) in [6.45, 7) is 2.60. The van der Waals surface area contributed by atoms with Gasteiger partial charge in [0, 0.05) is 11.1 Å². The van der Waals surface area contributed by atoms with Gasteiger partial charge in [-0.15, -0.1) is 0 Å². The highest BCUT2D eigenvalue weighted by Gasteiger charge is 2.20. The Bertz CT molecular complexity index is 1810. The number of hydrogen-bond donors (Lipinski definition) is 1. The fourth-order valence-corrected chi connectivity index (χ4v) is 5.89. The molecule has 3 nitrogen and oxygen atoms in total. The van der Waals surface area contributed by atoms with E-state index in [0.717, 1.165) is 29.5 Å². The SMILES string of the molecule is Cc1cccc(C(N)=NC(=NCc2ccc3c(c2)-c2ccccc2C3)c2ccc3c(c2)Cc2ccccc2-3)c1. The first-order valence-corrected chi connectivity index (χ1v) is 13.5. The van der Waals surface area contributed by atoms with Crippen molar-refractivity contribution in [3.05, 3.63) is 154 Å². The maximum Gasteiger partial charge on any atom is 0.157 e. The van der Waals surface area contributed by atoms with Crippen molar-refractivity contribution in [3.63, 3.8) is 0 Å². The van der Waals surface area contributed by atoms with Gasteiger partial charge < -0.3 is 5.73 Å². The zero-order valence-corrected chi connectivity index (χ0v) is 22.0. The summed E-state index contributed by atoms with van der Waals surface area (Å²) in [6.07, 6.45) is 1.92. The molecular formula is C36H29N3. The first kappa shape index (κ1) is 23.4. The molecule has 0 aliphatic heterocycles. The minimum Gasteiger partial charge on any atom is -0.383 e. The Morgan fingerprint density at radius 2 is 1.31 bits per heavy atom. The third-order valence-electron chi connectivity index (χ3n) is 7.87. The number of fused-ring (bicyclic) bond motifs is 6. The summed E-state index contributed by atoms with van der Waals surface area (Å²) in [4.78, 5) is 9.96. The third-order valence-corrected chi connectivity index (χ3v) is 7.87. The number of amidine groups is 2. The molecule has 39 heavy (non-hydrogen) atoms. The van der Waals surface area contributed by atoms with Crippen LogP contribution in [0.4, 0.5) is 0 Å². The van der Waals surface area contributed by atoms with Crippen LogP contribution in [0.2, 0.25) is 0 Å². The predicted octanol–water partition coefficient (Wildman–Crippen LogP) is 7.49. The Morgan fingerprint density at radius 3 is 2.10 bits per heavy atom. The van der Waals surface area contributed by atoms with Crippen molar-refractivity contribution < 1.29 is 0 Å². The molecule has 0 saturated carbocycles. The van der Waals surface area contributed by atoms with Crippen LogP contribution < -0.4 is 5.73 Å². The van der Waals surface area contributed by atoms with Crippen molar-refractivity contribution in [2.75, 3.05) is 0 Å². The van der Waals surface area contributed by atoms with Gasteiger partial charge in [0.05, 0.1) is 6.54 Å². The van der Waals surface area contributed by atoms with E-state index >= 15 is 0 Å². The van der Waals surface area contributed by atoms with Crippen LogP contribution in [0, 0.1) is 6.92 Å². The van der Waals surface area contributed by atoms with Crippen molar-refractivity contribution in [3.8, 4) is 22.3 Å². The molecule has 0 fully saturated rings. The molecule has 0 heterocycles. The van der Waals surface area contributed by atoms with E-state index in [2.05, 4.69) is 104 Å². The second kappa shape index (κ2) is 9.52. The summed E-state index contributed by atoms with van der Waals surface area (Å²) in [5.74, 6) is 1.14. The number of benzene rings is 5. The third kappa shape index (κ3) is 4.36. The zero-order chi connectivity index (χ0) is 26.3. The smallest absolute Gasteiger partial charge is 0.157 e. The highest BCUT2D eigenvalue weighted by molar-refractivity contribution is 6.11. The fraction of sp³-hybridized carbons (Fsp3) is 0.111. The molecule has 2 N–H and O–H groups in total. The van der Waals surface area contributed by atoms with Crippen molar-refractivity contribution in [1.29, 1.82) is 0 Å². The van der Waals surface area contributed by atoms with Gasteiger partial charge in [-0.1, -0.05) is 96.6 Å². The monoisotopic (exact) mass is 503 g/mol. The standard InChI is InChI=1S/C36H29N3/c1-23-7-6-10-28(17-23)35(37)39-36(29-15-16-33-30(21-29)20-26-9-2-4-11-31(26)33)38-22-24-13-14-27-19-25-8-3-5-12-32(25)34(27)18-24/h2-18,21H,19-20,22H2,1H3,(H2,37,38,39). The molecule has 0 atom stereocenters. The van der Waals surface area contributed by atoms with E-state index < -0.39 is 0 Å². The molecule has 5 aromatic rings. The van der Waals surface area contributed by atoms with Gasteiger partial charge in [-0.2, -0.15) is 0 Å². The average Bonchev–Trinajstić information content (AvgIpc) is 3.52. The lowest BCUT2D eigenvalue weighted by Gasteiger charge is -2.09. The lowest BCUT2D eigenvalue weighted by molar-refractivity contribution is 1.06. The number of rotatable bonds is 4. The van der Waals surface area contributed by atoms with Gasteiger partial charge in [-0.25, -0.2) is 4.99 Å². The lowest BCUT2D eigenvalue weighted by atomic mass is 10.0. The molecule has 0 spiro atoms. The molecule has 0 bridgehead atoms. The van der Waals surface area contributed by atoms with Gasteiger partial charge in [-0.05, 0) is 88.0 Å². The first-order valence-electron chi connectivity index (χ1n) is 13.5. The second-order valence-corrected chi connectivity index (χ2v) is 10.5. The van der Waals surface area contributed by atoms with E-state index in [9.17, 15) is 0 Å². The van der Waals surface area contributed by atoms with Crippen LogP contribution in [0.15, 0.2) is 119 Å². The van der Waals surface area contributed by atoms with Gasteiger partial charge in [0.15, 0.2) is 5.84 Å². The normalized spacial score (nSPS) is 13.6. The number of nitrogens with zero attached hydrogens (tertiary/aromatic N) is 2. The first-order chi connectivity index (χ1) is 19.1. The topological polar surface area (TPSA) is 50.7 Å². The second-order valence-electron chi connectivity index (χ2n) is 10.5. The summed E-state index contributed by atoms with van der Waals surface area (Å²) < 4.78 is 0. The number of nitrogens with two attached hydrogens (primary N) is 1. The minimum atomic E-state index is 0.476. The van der Waals surface area contributed by atoms with Gasteiger partial charge >= 0.3 is 0 Å². The number of aliphatic imine (C=N–C) groups is 2. The van der Waals surface area contributed by atoms with E-state index in [4.69, 9.17) is 15.7 Å². The summed E-state index contributed by atoms with van der Waals surface area (Å²) in [6, 6.07) is 38.8. The molecule has 0 aromatic heterocycles. The lowest BCUT2D eigenvalue weighted by Crippen LogP contribution is -2.16. The molecule has 0 radical (unpaired) electrons. The molecule has 2 aliphatic carbocycles. The molecule has 0 unspecified atom stereocenters. The maximum absolute atomic E-state index is 6.55. The van der Waals surface area contributed by atoms with E-state index in [1.165, 1.54) is 50.1 Å². The summed E-state index contributed by atoms with van der Waals surface area (Å²) >= 11 is 0. The molecular weight excluding hydrogens is 474 g/mol. The molecule has 5 aromatic carbocycles. The van der Waals surface area contributed by atoms with Crippen molar-refractivity contribution in [2.24, 2.45) is 15.7 Å². The van der Waals surface area contributed by atoms with Crippen LogP contribution >= 0.6 is 0 Å². The van der Waals surface area contributed by atoms with Crippen LogP contribution in [0.1, 0.15) is 44.5 Å². The Labute approximate surface area is 229 Å². The largest absolute Gasteiger partial charge is 0.383 e. The Morgan fingerprint density at radius 1 is 0.615 bits per heavy atom.